The van der Waals surface area contributed by atoms with Crippen molar-refractivity contribution in [3.05, 3.63) is 23.9 Å². The molecule has 3 amide bonds. The fraction of sp³-hybridized carbons (Fsp3) is 0.417. The maximum atomic E-state index is 11.7. The summed E-state index contributed by atoms with van der Waals surface area (Å²) in [4.78, 5) is 27.0. The van der Waals surface area contributed by atoms with Crippen LogP contribution in [0.2, 0.25) is 0 Å². The fourth-order valence-electron chi connectivity index (χ4n) is 1.73. The molecule has 1 aromatic heterocycles. The number of pyridine rings is 1. The van der Waals surface area contributed by atoms with Crippen molar-refractivity contribution in [3.63, 3.8) is 0 Å². The van der Waals surface area contributed by atoms with Crippen molar-refractivity contribution < 1.29 is 14.3 Å². The number of nitrogens with zero attached hydrogens (tertiary/aromatic N) is 1. The molecule has 6 nitrogen and oxygen atoms in total. The van der Waals surface area contributed by atoms with Crippen LogP contribution in [0.15, 0.2) is 18.3 Å². The smallest absolute Gasteiger partial charge is 0.322 e. The molecule has 1 unspecified atom stereocenters. The zero-order valence-corrected chi connectivity index (χ0v) is 10.5. The minimum Gasteiger partial charge on any atom is -0.475 e. The molecule has 1 atom stereocenters. The van der Waals surface area contributed by atoms with Crippen molar-refractivity contribution in [2.75, 3.05) is 0 Å². The van der Waals surface area contributed by atoms with Gasteiger partial charge in [-0.3, -0.25) is 10.1 Å². The Morgan fingerprint density at radius 1 is 1.33 bits per heavy atom. The molecule has 0 aromatic carbocycles. The highest BCUT2D eigenvalue weighted by molar-refractivity contribution is 6.07. The molecule has 0 radical (unpaired) electrons. The quantitative estimate of drug-likeness (QED) is 0.781. The molecule has 0 saturated carbocycles. The van der Waals surface area contributed by atoms with Gasteiger partial charge in [0, 0.05) is 17.8 Å². The monoisotopic (exact) mass is 249 g/mol. The molecule has 1 saturated heterocycles. The number of imide groups is 1. The predicted octanol–water partition coefficient (Wildman–Crippen LogP) is 0.923. The van der Waals surface area contributed by atoms with E-state index in [1.165, 1.54) is 6.20 Å². The van der Waals surface area contributed by atoms with E-state index < -0.39 is 11.6 Å². The SMILES string of the molecule is CC(C)Oc1ccc(C2(C)NC(=O)NC2=O)cn1. The van der Waals surface area contributed by atoms with Crippen LogP contribution in [-0.2, 0) is 10.3 Å². The van der Waals surface area contributed by atoms with Crippen LogP contribution in [0, 0.1) is 0 Å². The Labute approximate surface area is 105 Å². The number of hydrogen-bond acceptors (Lipinski definition) is 4. The van der Waals surface area contributed by atoms with Crippen LogP contribution in [0.3, 0.4) is 0 Å². The first-order chi connectivity index (χ1) is 8.41. The molecule has 2 rings (SSSR count). The molecule has 1 aromatic rings. The van der Waals surface area contributed by atoms with E-state index in [9.17, 15) is 9.59 Å². The number of carbonyl (C=O) groups excluding carboxylic acids is 2. The summed E-state index contributed by atoms with van der Waals surface area (Å²) in [5, 5.41) is 4.78. The standard InChI is InChI=1S/C12H15N3O3/c1-7(2)18-9-5-4-8(6-13-9)12(3)10(16)14-11(17)15-12/h4-7H,1-3H3,(H2,14,15,16,17). The lowest BCUT2D eigenvalue weighted by molar-refractivity contribution is -0.123. The second kappa shape index (κ2) is 4.29. The number of nitrogens with one attached hydrogen (secondary N) is 2. The third-order valence-corrected chi connectivity index (χ3v) is 2.71. The summed E-state index contributed by atoms with van der Waals surface area (Å²) < 4.78 is 5.41. The second-order valence-electron chi connectivity index (χ2n) is 4.58. The summed E-state index contributed by atoms with van der Waals surface area (Å²) in [5.74, 6) is 0.105. The van der Waals surface area contributed by atoms with E-state index in [0.717, 1.165) is 0 Å². The number of hydrogen-bond donors (Lipinski definition) is 2. The highest BCUT2D eigenvalue weighted by Gasteiger charge is 2.43. The van der Waals surface area contributed by atoms with E-state index in [0.29, 0.717) is 11.4 Å². The Morgan fingerprint density at radius 2 is 2.06 bits per heavy atom. The number of ether oxygens (including phenoxy) is 1. The van der Waals surface area contributed by atoms with Gasteiger partial charge in [0.05, 0.1) is 6.10 Å². The Morgan fingerprint density at radius 3 is 2.50 bits per heavy atom. The first kappa shape index (κ1) is 12.3. The molecule has 1 fully saturated rings. The first-order valence-corrected chi connectivity index (χ1v) is 5.68. The molecule has 0 aliphatic carbocycles. The lowest BCUT2D eigenvalue weighted by Gasteiger charge is -2.20. The van der Waals surface area contributed by atoms with Gasteiger partial charge in [-0.05, 0) is 26.8 Å². The van der Waals surface area contributed by atoms with Gasteiger partial charge < -0.3 is 10.1 Å². The zero-order chi connectivity index (χ0) is 13.3. The van der Waals surface area contributed by atoms with Crippen LogP contribution >= 0.6 is 0 Å². The summed E-state index contributed by atoms with van der Waals surface area (Å²) in [7, 11) is 0. The van der Waals surface area contributed by atoms with Crippen LogP contribution in [0.25, 0.3) is 0 Å². The van der Waals surface area contributed by atoms with Crippen molar-refractivity contribution in [1.29, 1.82) is 0 Å². The molecule has 18 heavy (non-hydrogen) atoms. The molecular weight excluding hydrogens is 234 g/mol. The first-order valence-electron chi connectivity index (χ1n) is 5.68. The molecule has 2 N–H and O–H groups in total. The average Bonchev–Trinajstić information content (AvgIpc) is 2.53. The molecular formula is C12H15N3O3. The fourth-order valence-corrected chi connectivity index (χ4v) is 1.73. The lowest BCUT2D eigenvalue weighted by atomic mass is 9.94. The highest BCUT2D eigenvalue weighted by Crippen LogP contribution is 2.24. The van der Waals surface area contributed by atoms with Crippen LogP contribution in [0.5, 0.6) is 5.88 Å². The van der Waals surface area contributed by atoms with E-state index in [4.69, 9.17) is 4.74 Å². The summed E-state index contributed by atoms with van der Waals surface area (Å²) in [6, 6.07) is 2.90. The van der Waals surface area contributed by atoms with Gasteiger partial charge >= 0.3 is 6.03 Å². The van der Waals surface area contributed by atoms with Crippen molar-refractivity contribution in [2.24, 2.45) is 0 Å². The Bertz CT molecular complexity index is 484. The molecule has 2 heterocycles. The van der Waals surface area contributed by atoms with Crippen LogP contribution < -0.4 is 15.4 Å². The minimum atomic E-state index is -1.07. The normalized spacial score (nSPS) is 22.9. The molecule has 1 aliphatic rings. The van der Waals surface area contributed by atoms with E-state index in [-0.39, 0.29) is 12.0 Å². The summed E-state index contributed by atoms with van der Waals surface area (Å²) >= 11 is 0. The van der Waals surface area contributed by atoms with Gasteiger partial charge in [0.1, 0.15) is 5.54 Å². The van der Waals surface area contributed by atoms with Gasteiger partial charge in [-0.15, -0.1) is 0 Å². The number of urea groups is 1. The van der Waals surface area contributed by atoms with Gasteiger partial charge in [-0.1, -0.05) is 0 Å². The Hall–Kier alpha value is -2.11. The molecule has 0 spiro atoms. The van der Waals surface area contributed by atoms with E-state index >= 15 is 0 Å². The average molecular weight is 249 g/mol. The van der Waals surface area contributed by atoms with Gasteiger partial charge in [0.15, 0.2) is 0 Å². The maximum Gasteiger partial charge on any atom is 0.322 e. The minimum absolute atomic E-state index is 0.0356. The second-order valence-corrected chi connectivity index (χ2v) is 4.58. The van der Waals surface area contributed by atoms with Gasteiger partial charge in [0.2, 0.25) is 5.88 Å². The van der Waals surface area contributed by atoms with Crippen molar-refractivity contribution >= 4 is 11.9 Å². The number of carbonyl (C=O) groups is 2. The van der Waals surface area contributed by atoms with Gasteiger partial charge in [-0.25, -0.2) is 9.78 Å². The zero-order valence-electron chi connectivity index (χ0n) is 10.5. The lowest BCUT2D eigenvalue weighted by Crippen LogP contribution is -2.40. The molecule has 96 valence electrons. The van der Waals surface area contributed by atoms with E-state index in [1.54, 1.807) is 19.1 Å². The Kier molecular flexibility index (Phi) is 2.94. The topological polar surface area (TPSA) is 80.3 Å². The van der Waals surface area contributed by atoms with Crippen molar-refractivity contribution in [2.45, 2.75) is 32.4 Å². The third-order valence-electron chi connectivity index (χ3n) is 2.71. The van der Waals surface area contributed by atoms with E-state index in [1.807, 2.05) is 13.8 Å². The van der Waals surface area contributed by atoms with Crippen molar-refractivity contribution in [3.8, 4) is 5.88 Å². The Balaban J connectivity index is 2.24. The number of rotatable bonds is 3. The largest absolute Gasteiger partial charge is 0.475 e. The maximum absolute atomic E-state index is 11.7. The van der Waals surface area contributed by atoms with Gasteiger partial charge in [-0.2, -0.15) is 0 Å². The van der Waals surface area contributed by atoms with Crippen LogP contribution in [0.1, 0.15) is 26.3 Å². The molecule has 0 bridgehead atoms. The van der Waals surface area contributed by atoms with Crippen molar-refractivity contribution in [1.82, 2.24) is 15.6 Å². The summed E-state index contributed by atoms with van der Waals surface area (Å²) in [5.41, 5.74) is -0.456. The summed E-state index contributed by atoms with van der Waals surface area (Å²) in [6.45, 7) is 5.44. The highest BCUT2D eigenvalue weighted by atomic mass is 16.5. The van der Waals surface area contributed by atoms with Crippen LogP contribution in [-0.4, -0.2) is 23.0 Å². The number of amides is 3. The van der Waals surface area contributed by atoms with Gasteiger partial charge in [0.25, 0.3) is 5.91 Å². The molecule has 1 aliphatic heterocycles. The third kappa shape index (κ3) is 2.13. The van der Waals surface area contributed by atoms with Crippen LogP contribution in [0.4, 0.5) is 4.79 Å². The summed E-state index contributed by atoms with van der Waals surface area (Å²) in [6.07, 6.45) is 1.57. The van der Waals surface area contributed by atoms with E-state index in [2.05, 4.69) is 15.6 Å². The predicted molar refractivity (Wildman–Crippen MR) is 64.0 cm³/mol. The number of aromatic nitrogens is 1. The molecule has 6 heteroatoms.